The maximum Gasteiger partial charge on any atom is 0.0726 e. The van der Waals surface area contributed by atoms with Gasteiger partial charge in [0.25, 0.3) is 0 Å². The molecule has 0 amide bonds. The lowest BCUT2D eigenvalue weighted by atomic mass is 10.1. The van der Waals surface area contributed by atoms with Crippen LogP contribution in [0.4, 0.5) is 0 Å². The van der Waals surface area contributed by atoms with Crippen molar-refractivity contribution >= 4 is 0 Å². The molecule has 2 nitrogen and oxygen atoms in total. The summed E-state index contributed by atoms with van der Waals surface area (Å²) in [6.07, 6.45) is 3.65. The molecule has 0 aromatic rings. The predicted molar refractivity (Wildman–Crippen MR) is 33.0 cm³/mol. The second-order valence-corrected chi connectivity index (χ2v) is 2.21. The van der Waals surface area contributed by atoms with Crippen LogP contribution in [0.2, 0.25) is 0 Å². The van der Waals surface area contributed by atoms with Gasteiger partial charge in [-0.05, 0) is 12.8 Å². The lowest BCUT2D eigenvalue weighted by molar-refractivity contribution is 0.612. The van der Waals surface area contributed by atoms with Crippen LogP contribution in [0.15, 0.2) is 10.2 Å². The van der Waals surface area contributed by atoms with Crippen LogP contribution in [0.5, 0.6) is 0 Å². The molecule has 1 rings (SSSR count). The average Bonchev–Trinajstić information content (AvgIpc) is 2.19. The molecular weight excluding hydrogens is 100 g/mol. The Balaban J connectivity index is 2.16. The molecule has 0 N–H and O–H groups in total. The normalized spacial score (nSPS) is 26.9. The fourth-order valence-electron chi connectivity index (χ4n) is 0.973. The lowest BCUT2D eigenvalue weighted by Crippen LogP contribution is -1.97. The zero-order valence-corrected chi connectivity index (χ0v) is 5.30. The molecule has 0 aromatic heterocycles. The van der Waals surface area contributed by atoms with E-state index in [0.717, 1.165) is 6.54 Å². The van der Waals surface area contributed by atoms with Crippen LogP contribution in [0.3, 0.4) is 0 Å². The minimum absolute atomic E-state index is 0.569. The zero-order valence-electron chi connectivity index (χ0n) is 5.30. The van der Waals surface area contributed by atoms with Crippen LogP contribution in [0, 0.1) is 0 Å². The van der Waals surface area contributed by atoms with Gasteiger partial charge in [0.05, 0.1) is 12.6 Å². The van der Waals surface area contributed by atoms with Crippen molar-refractivity contribution in [2.75, 3.05) is 6.54 Å². The van der Waals surface area contributed by atoms with Gasteiger partial charge < -0.3 is 0 Å². The number of azo groups is 1. The van der Waals surface area contributed by atoms with Crippen molar-refractivity contribution in [3.63, 3.8) is 0 Å². The van der Waals surface area contributed by atoms with E-state index in [4.69, 9.17) is 0 Å². The Hall–Kier alpha value is -0.400. The van der Waals surface area contributed by atoms with Gasteiger partial charge in [-0.3, -0.25) is 0 Å². The molecule has 1 heterocycles. The highest BCUT2D eigenvalue weighted by Gasteiger charge is 2.08. The number of hydrogen-bond acceptors (Lipinski definition) is 2. The molecule has 0 bridgehead atoms. The lowest BCUT2D eigenvalue weighted by Gasteiger charge is -1.98. The number of hydrogen-bond donors (Lipinski definition) is 0. The van der Waals surface area contributed by atoms with Crippen molar-refractivity contribution in [1.82, 2.24) is 0 Å². The Kier molecular flexibility index (Phi) is 2.00. The summed E-state index contributed by atoms with van der Waals surface area (Å²) in [4.78, 5) is 0. The molecule has 1 unspecified atom stereocenters. The SMILES string of the molecule is CCCC1CCN=N1. The van der Waals surface area contributed by atoms with Crippen molar-refractivity contribution in [2.24, 2.45) is 10.2 Å². The summed E-state index contributed by atoms with van der Waals surface area (Å²) < 4.78 is 0. The first-order valence-electron chi connectivity index (χ1n) is 3.30. The van der Waals surface area contributed by atoms with E-state index in [0.29, 0.717) is 6.04 Å². The fraction of sp³-hybridized carbons (Fsp3) is 1.00. The highest BCUT2D eigenvalue weighted by Crippen LogP contribution is 2.12. The van der Waals surface area contributed by atoms with E-state index in [1.165, 1.54) is 19.3 Å². The van der Waals surface area contributed by atoms with E-state index in [-0.39, 0.29) is 0 Å². The van der Waals surface area contributed by atoms with Gasteiger partial charge in [0, 0.05) is 0 Å². The summed E-state index contributed by atoms with van der Waals surface area (Å²) in [5.41, 5.74) is 0. The maximum absolute atomic E-state index is 4.05. The standard InChI is InChI=1S/C6H12N2/c1-2-3-6-4-5-7-8-6/h6H,2-5H2,1H3. The molecule has 0 fully saturated rings. The Labute approximate surface area is 50.0 Å². The van der Waals surface area contributed by atoms with Crippen LogP contribution in [0.1, 0.15) is 26.2 Å². The maximum atomic E-state index is 4.05. The van der Waals surface area contributed by atoms with Crippen molar-refractivity contribution in [1.29, 1.82) is 0 Å². The quantitative estimate of drug-likeness (QED) is 0.522. The zero-order chi connectivity index (χ0) is 5.82. The molecule has 0 radical (unpaired) electrons. The topological polar surface area (TPSA) is 24.7 Å². The van der Waals surface area contributed by atoms with E-state index in [9.17, 15) is 0 Å². The van der Waals surface area contributed by atoms with Gasteiger partial charge in [-0.1, -0.05) is 13.3 Å². The van der Waals surface area contributed by atoms with E-state index in [2.05, 4.69) is 17.2 Å². The summed E-state index contributed by atoms with van der Waals surface area (Å²) >= 11 is 0. The van der Waals surface area contributed by atoms with E-state index in [1.54, 1.807) is 0 Å². The molecule has 2 heteroatoms. The Morgan fingerprint density at radius 3 is 3.00 bits per heavy atom. The van der Waals surface area contributed by atoms with Crippen LogP contribution in [-0.4, -0.2) is 12.6 Å². The minimum Gasteiger partial charge on any atom is -0.194 e. The molecule has 1 atom stereocenters. The summed E-state index contributed by atoms with van der Waals surface area (Å²) in [5, 5.41) is 7.96. The second kappa shape index (κ2) is 2.80. The third-order valence-corrected chi connectivity index (χ3v) is 1.43. The van der Waals surface area contributed by atoms with Crippen LogP contribution in [-0.2, 0) is 0 Å². The fourth-order valence-corrected chi connectivity index (χ4v) is 0.973. The Morgan fingerprint density at radius 2 is 2.50 bits per heavy atom. The average molecular weight is 112 g/mol. The van der Waals surface area contributed by atoms with E-state index in [1.807, 2.05) is 0 Å². The van der Waals surface area contributed by atoms with Gasteiger partial charge in [0.2, 0.25) is 0 Å². The van der Waals surface area contributed by atoms with Gasteiger partial charge in [0.15, 0.2) is 0 Å². The van der Waals surface area contributed by atoms with Crippen LogP contribution in [0.25, 0.3) is 0 Å². The molecule has 0 saturated carbocycles. The molecule has 1 aliphatic rings. The molecular formula is C6H12N2. The third kappa shape index (κ3) is 1.29. The van der Waals surface area contributed by atoms with E-state index >= 15 is 0 Å². The van der Waals surface area contributed by atoms with Crippen LogP contribution < -0.4 is 0 Å². The summed E-state index contributed by atoms with van der Waals surface area (Å²) in [5.74, 6) is 0. The van der Waals surface area contributed by atoms with Crippen molar-refractivity contribution in [3.05, 3.63) is 0 Å². The first-order chi connectivity index (χ1) is 3.93. The molecule has 0 spiro atoms. The van der Waals surface area contributed by atoms with Gasteiger partial charge in [-0.15, -0.1) is 0 Å². The predicted octanol–water partition coefficient (Wildman–Crippen LogP) is 2.01. The van der Waals surface area contributed by atoms with Crippen LogP contribution >= 0.6 is 0 Å². The first-order valence-corrected chi connectivity index (χ1v) is 3.30. The third-order valence-electron chi connectivity index (χ3n) is 1.43. The van der Waals surface area contributed by atoms with Crippen molar-refractivity contribution < 1.29 is 0 Å². The molecule has 0 aliphatic carbocycles. The smallest absolute Gasteiger partial charge is 0.0726 e. The summed E-state index contributed by atoms with van der Waals surface area (Å²) in [6.45, 7) is 3.15. The Morgan fingerprint density at radius 1 is 1.62 bits per heavy atom. The molecule has 8 heavy (non-hydrogen) atoms. The van der Waals surface area contributed by atoms with Gasteiger partial charge in [0.1, 0.15) is 0 Å². The van der Waals surface area contributed by atoms with Gasteiger partial charge >= 0.3 is 0 Å². The van der Waals surface area contributed by atoms with E-state index < -0.39 is 0 Å². The number of rotatable bonds is 2. The molecule has 1 aliphatic heterocycles. The number of nitrogens with zero attached hydrogens (tertiary/aromatic N) is 2. The van der Waals surface area contributed by atoms with Crippen molar-refractivity contribution in [3.8, 4) is 0 Å². The van der Waals surface area contributed by atoms with Gasteiger partial charge in [-0.25, -0.2) is 0 Å². The molecule has 46 valence electrons. The first kappa shape index (κ1) is 5.73. The van der Waals surface area contributed by atoms with Crippen molar-refractivity contribution in [2.45, 2.75) is 32.2 Å². The summed E-state index contributed by atoms with van der Waals surface area (Å²) in [6, 6.07) is 0.569. The molecule has 0 aromatic carbocycles. The monoisotopic (exact) mass is 112 g/mol. The second-order valence-electron chi connectivity index (χ2n) is 2.21. The largest absolute Gasteiger partial charge is 0.194 e. The minimum atomic E-state index is 0.569. The molecule has 0 saturated heterocycles. The van der Waals surface area contributed by atoms with Gasteiger partial charge in [-0.2, -0.15) is 10.2 Å². The highest BCUT2D eigenvalue weighted by molar-refractivity contribution is 4.69. The Bertz CT molecular complexity index is 88.5. The summed E-state index contributed by atoms with van der Waals surface area (Å²) in [7, 11) is 0. The highest BCUT2D eigenvalue weighted by atomic mass is 15.1.